The van der Waals surface area contributed by atoms with Gasteiger partial charge in [-0.3, -0.25) is 4.79 Å². The van der Waals surface area contributed by atoms with Crippen molar-refractivity contribution in [2.45, 2.75) is 26.9 Å². The molecule has 0 saturated carbocycles. The molecule has 1 aliphatic rings. The molecule has 0 aliphatic heterocycles. The van der Waals surface area contributed by atoms with Gasteiger partial charge in [0.2, 0.25) is 0 Å². The molecule has 158 valence electrons. The van der Waals surface area contributed by atoms with Crippen LogP contribution >= 0.6 is 11.6 Å². The number of esters is 1. The third-order valence-corrected chi connectivity index (χ3v) is 5.81. The second-order valence-corrected chi connectivity index (χ2v) is 8.50. The first-order chi connectivity index (χ1) is 15.0. The maximum atomic E-state index is 13.0. The number of hydrogen-bond acceptors (Lipinski definition) is 3. The van der Waals surface area contributed by atoms with E-state index in [9.17, 15) is 4.79 Å². The molecule has 1 unspecified atom stereocenters. The van der Waals surface area contributed by atoms with Crippen LogP contribution in [0, 0.1) is 11.8 Å². The second-order valence-electron chi connectivity index (χ2n) is 8.10. The summed E-state index contributed by atoms with van der Waals surface area (Å²) in [6.45, 7) is 4.30. The number of carbonyl (C=O) groups is 1. The molecule has 0 heterocycles. The van der Waals surface area contributed by atoms with Gasteiger partial charge in [-0.2, -0.15) is 0 Å². The molecule has 3 nitrogen and oxygen atoms in total. The summed E-state index contributed by atoms with van der Waals surface area (Å²) in [5.41, 5.74) is 4.12. The highest BCUT2D eigenvalue weighted by Gasteiger charge is 2.31. The highest BCUT2D eigenvalue weighted by molar-refractivity contribution is 6.31. The first-order valence-corrected chi connectivity index (χ1v) is 10.9. The molecule has 1 aliphatic carbocycles. The van der Waals surface area contributed by atoms with Gasteiger partial charge in [0, 0.05) is 5.02 Å². The fraction of sp³-hybridized carbons (Fsp3) is 0.222. The number of ether oxygens (including phenoxy) is 2. The molecule has 4 rings (SSSR count). The zero-order valence-electron chi connectivity index (χ0n) is 17.7. The van der Waals surface area contributed by atoms with E-state index in [0.717, 1.165) is 33.0 Å². The minimum absolute atomic E-state index is 0.125. The molecule has 3 aromatic rings. The minimum Gasteiger partial charge on any atom is -0.460 e. The number of benzene rings is 3. The largest absolute Gasteiger partial charge is 0.460 e. The summed E-state index contributed by atoms with van der Waals surface area (Å²) in [4.78, 5) is 13.0. The fourth-order valence-electron chi connectivity index (χ4n) is 3.97. The van der Waals surface area contributed by atoms with Crippen molar-refractivity contribution < 1.29 is 14.3 Å². The molecule has 3 aromatic carbocycles. The summed E-state index contributed by atoms with van der Waals surface area (Å²) < 4.78 is 11.6. The number of halogens is 1. The Hall–Kier alpha value is -3.04. The number of fused-ring (bicyclic) bond motifs is 1. The lowest BCUT2D eigenvalue weighted by molar-refractivity contribution is -0.149. The molecule has 0 fully saturated rings. The quantitative estimate of drug-likeness (QED) is 0.374. The summed E-state index contributed by atoms with van der Waals surface area (Å²) in [5.74, 6) is 1.10. The van der Waals surface area contributed by atoms with Crippen LogP contribution in [0.2, 0.25) is 5.02 Å². The topological polar surface area (TPSA) is 35.5 Å². The zero-order chi connectivity index (χ0) is 21.8. The average Bonchev–Trinajstić information content (AvgIpc) is 3.18. The molecule has 0 N–H and O–H groups in total. The Labute approximate surface area is 188 Å². The smallest absolute Gasteiger partial charge is 0.313 e. The Morgan fingerprint density at radius 2 is 1.71 bits per heavy atom. The molecule has 4 heteroatoms. The van der Waals surface area contributed by atoms with Gasteiger partial charge >= 0.3 is 5.97 Å². The number of rotatable bonds is 7. The molecule has 1 atom stereocenters. The summed E-state index contributed by atoms with van der Waals surface area (Å²) in [6.07, 6.45) is 2.77. The van der Waals surface area contributed by atoms with Crippen molar-refractivity contribution >= 4 is 23.6 Å². The van der Waals surface area contributed by atoms with Gasteiger partial charge in [0.25, 0.3) is 0 Å². The van der Waals surface area contributed by atoms with Crippen LogP contribution in [0.25, 0.3) is 6.08 Å². The maximum absolute atomic E-state index is 13.0. The summed E-state index contributed by atoms with van der Waals surface area (Å²) in [5, 5.41) is 0.745. The van der Waals surface area contributed by atoms with Crippen molar-refractivity contribution in [1.82, 2.24) is 0 Å². The number of para-hydroxylation sites is 1. The molecular formula is C27H25ClO3. The SMILES string of the molecule is CC(C)C(C(=O)OCc1cccc(Oc2ccccc2)c1)C1=Cc2cccc(Cl)c2C1. The van der Waals surface area contributed by atoms with Gasteiger partial charge in [-0.15, -0.1) is 0 Å². The van der Waals surface area contributed by atoms with E-state index in [1.165, 1.54) is 0 Å². The van der Waals surface area contributed by atoms with Crippen LogP contribution in [0.15, 0.2) is 78.4 Å². The van der Waals surface area contributed by atoms with Gasteiger partial charge in [0.05, 0.1) is 5.92 Å². The van der Waals surface area contributed by atoms with E-state index in [1.807, 2.05) is 86.6 Å². The molecule has 0 bridgehead atoms. The van der Waals surface area contributed by atoms with Gasteiger partial charge in [-0.05, 0) is 59.4 Å². The predicted molar refractivity (Wildman–Crippen MR) is 124 cm³/mol. The lowest BCUT2D eigenvalue weighted by Crippen LogP contribution is -2.25. The highest BCUT2D eigenvalue weighted by Crippen LogP contribution is 2.37. The summed E-state index contributed by atoms with van der Waals surface area (Å²) in [7, 11) is 0. The van der Waals surface area contributed by atoms with Gasteiger partial charge in [0.15, 0.2) is 0 Å². The van der Waals surface area contributed by atoms with Crippen molar-refractivity contribution in [2.24, 2.45) is 11.8 Å². The second kappa shape index (κ2) is 9.40. The number of carbonyl (C=O) groups excluding carboxylic acids is 1. The first kappa shape index (κ1) is 21.2. The van der Waals surface area contributed by atoms with E-state index in [4.69, 9.17) is 21.1 Å². The van der Waals surface area contributed by atoms with Crippen LogP contribution in [0.1, 0.15) is 30.5 Å². The van der Waals surface area contributed by atoms with Crippen molar-refractivity contribution in [1.29, 1.82) is 0 Å². The van der Waals surface area contributed by atoms with E-state index in [2.05, 4.69) is 6.08 Å². The Kier molecular flexibility index (Phi) is 6.43. The van der Waals surface area contributed by atoms with Crippen LogP contribution in [-0.4, -0.2) is 5.97 Å². The van der Waals surface area contributed by atoms with E-state index in [1.54, 1.807) is 0 Å². The lowest BCUT2D eigenvalue weighted by Gasteiger charge is -2.21. The van der Waals surface area contributed by atoms with E-state index < -0.39 is 0 Å². The van der Waals surface area contributed by atoms with Crippen molar-refractivity contribution in [3.05, 3.63) is 100 Å². The molecule has 31 heavy (non-hydrogen) atoms. The van der Waals surface area contributed by atoms with Gasteiger partial charge in [0.1, 0.15) is 18.1 Å². The minimum atomic E-state index is -0.299. The van der Waals surface area contributed by atoms with Crippen molar-refractivity contribution in [2.75, 3.05) is 0 Å². The molecule has 0 aromatic heterocycles. The van der Waals surface area contributed by atoms with E-state index in [-0.39, 0.29) is 24.4 Å². The predicted octanol–water partition coefficient (Wildman–Crippen LogP) is 7.09. The average molecular weight is 433 g/mol. The van der Waals surface area contributed by atoms with Crippen LogP contribution in [0.5, 0.6) is 11.5 Å². The summed E-state index contributed by atoms with van der Waals surface area (Å²) in [6, 6.07) is 23.1. The third kappa shape index (κ3) is 5.00. The van der Waals surface area contributed by atoms with Gasteiger partial charge < -0.3 is 9.47 Å². The molecule has 0 saturated heterocycles. The molecular weight excluding hydrogens is 408 g/mol. The Morgan fingerprint density at radius 3 is 2.45 bits per heavy atom. The molecule has 0 amide bonds. The Bertz CT molecular complexity index is 1100. The van der Waals surface area contributed by atoms with Gasteiger partial charge in [-0.25, -0.2) is 0 Å². The summed E-state index contributed by atoms with van der Waals surface area (Å²) >= 11 is 6.35. The zero-order valence-corrected chi connectivity index (χ0v) is 18.4. The lowest BCUT2D eigenvalue weighted by atomic mass is 9.87. The standard InChI is InChI=1S/C27H25ClO3/c1-18(2)26(21-15-20-9-7-13-25(28)24(20)16-21)27(29)30-17-19-8-6-12-23(14-19)31-22-10-4-3-5-11-22/h3-15,18,26H,16-17H2,1-2H3. The van der Waals surface area contributed by atoms with E-state index >= 15 is 0 Å². The van der Waals surface area contributed by atoms with Crippen molar-refractivity contribution in [3.8, 4) is 11.5 Å². The van der Waals surface area contributed by atoms with Crippen LogP contribution in [-0.2, 0) is 22.6 Å². The molecule has 0 radical (unpaired) electrons. The normalized spacial score (nSPS) is 13.5. The first-order valence-electron chi connectivity index (χ1n) is 10.5. The van der Waals surface area contributed by atoms with Crippen LogP contribution in [0.4, 0.5) is 0 Å². The monoisotopic (exact) mass is 432 g/mol. The van der Waals surface area contributed by atoms with Gasteiger partial charge in [-0.1, -0.05) is 79.6 Å². The highest BCUT2D eigenvalue weighted by atomic mass is 35.5. The maximum Gasteiger partial charge on any atom is 0.313 e. The fourth-order valence-corrected chi connectivity index (χ4v) is 4.22. The van der Waals surface area contributed by atoms with E-state index in [0.29, 0.717) is 12.2 Å². The van der Waals surface area contributed by atoms with Crippen LogP contribution in [0.3, 0.4) is 0 Å². The van der Waals surface area contributed by atoms with Crippen molar-refractivity contribution in [3.63, 3.8) is 0 Å². The van der Waals surface area contributed by atoms with Crippen LogP contribution < -0.4 is 4.74 Å². The molecule has 0 spiro atoms. The third-order valence-electron chi connectivity index (χ3n) is 5.46. The number of hydrogen-bond donors (Lipinski definition) is 0. The Balaban J connectivity index is 1.43. The Morgan fingerprint density at radius 1 is 0.968 bits per heavy atom.